The van der Waals surface area contributed by atoms with Crippen molar-refractivity contribution in [2.45, 2.75) is 50.8 Å². The van der Waals surface area contributed by atoms with Gasteiger partial charge in [-0.05, 0) is 25.7 Å². The Labute approximate surface area is 104 Å². The van der Waals surface area contributed by atoms with Crippen LogP contribution < -0.4 is 0 Å². The molecule has 0 aromatic rings. The van der Waals surface area contributed by atoms with Gasteiger partial charge in [-0.2, -0.15) is 0 Å². The first-order chi connectivity index (χ1) is 7.41. The zero-order chi connectivity index (χ0) is 12.3. The molecule has 0 spiro atoms. The van der Waals surface area contributed by atoms with Crippen LogP contribution in [0.2, 0.25) is 0 Å². The van der Waals surface area contributed by atoms with Crippen molar-refractivity contribution < 1.29 is 8.42 Å². The molecule has 0 bridgehead atoms. The van der Waals surface area contributed by atoms with Gasteiger partial charge in [0.25, 0.3) is 0 Å². The molecule has 1 saturated carbocycles. The van der Waals surface area contributed by atoms with Crippen LogP contribution in [0.5, 0.6) is 0 Å². The zero-order valence-corrected chi connectivity index (χ0v) is 11.9. The van der Waals surface area contributed by atoms with Gasteiger partial charge in [-0.15, -0.1) is 11.6 Å². The maximum Gasteiger partial charge on any atom is 0.217 e. The monoisotopic (exact) mass is 267 g/mol. The predicted molar refractivity (Wildman–Crippen MR) is 68.3 cm³/mol. The highest BCUT2D eigenvalue weighted by atomic mass is 35.5. The number of rotatable bonds is 4. The van der Waals surface area contributed by atoms with Gasteiger partial charge >= 0.3 is 0 Å². The fraction of sp³-hybridized carbons (Fsp3) is 1.00. The Morgan fingerprint density at radius 1 is 1.38 bits per heavy atom. The lowest BCUT2D eigenvalue weighted by Crippen LogP contribution is -2.46. The quantitative estimate of drug-likeness (QED) is 0.734. The number of sulfonamides is 1. The van der Waals surface area contributed by atoms with Gasteiger partial charge < -0.3 is 0 Å². The summed E-state index contributed by atoms with van der Waals surface area (Å²) in [6.07, 6.45) is 4.45. The third kappa shape index (κ3) is 2.90. The predicted octanol–water partition coefficient (Wildman–Crippen LogP) is 2.45. The second kappa shape index (κ2) is 5.69. The maximum atomic E-state index is 12.1. The smallest absolute Gasteiger partial charge is 0.212 e. The second-order valence-electron chi connectivity index (χ2n) is 4.86. The Bertz CT molecular complexity index is 318. The van der Waals surface area contributed by atoms with E-state index in [1.807, 2.05) is 0 Å². The van der Waals surface area contributed by atoms with Crippen LogP contribution in [0.4, 0.5) is 0 Å². The molecule has 1 aliphatic carbocycles. The first-order valence-corrected chi connectivity index (χ1v) is 7.97. The fourth-order valence-corrected chi connectivity index (χ4v) is 4.28. The first kappa shape index (κ1) is 14.3. The van der Waals surface area contributed by atoms with Crippen molar-refractivity contribution in [3.05, 3.63) is 0 Å². The molecule has 96 valence electrons. The van der Waals surface area contributed by atoms with Crippen LogP contribution in [0.25, 0.3) is 0 Å². The Balaban J connectivity index is 2.79. The van der Waals surface area contributed by atoms with E-state index in [1.165, 1.54) is 6.42 Å². The van der Waals surface area contributed by atoms with Crippen LogP contribution in [0, 0.1) is 5.92 Å². The van der Waals surface area contributed by atoms with Gasteiger partial charge in [-0.3, -0.25) is 0 Å². The average Bonchev–Trinajstić information content (AvgIpc) is 2.27. The number of nitrogens with zero attached hydrogens (tertiary/aromatic N) is 1. The van der Waals surface area contributed by atoms with Crippen LogP contribution in [-0.4, -0.2) is 36.9 Å². The minimum absolute atomic E-state index is 0.157. The summed E-state index contributed by atoms with van der Waals surface area (Å²) in [5.74, 6) is 0.615. The van der Waals surface area contributed by atoms with Gasteiger partial charge in [0.1, 0.15) is 0 Å². The summed E-state index contributed by atoms with van der Waals surface area (Å²) in [7, 11) is -1.52. The standard InChI is InChI=1S/C11H22ClNO2S/c1-9-6-4-5-7-11(9)13(3)16(14,15)10(2)8-12/h9-11H,4-8H2,1-3H3. The molecule has 1 rings (SSSR count). The van der Waals surface area contributed by atoms with Crippen LogP contribution in [-0.2, 0) is 10.0 Å². The lowest BCUT2D eigenvalue weighted by Gasteiger charge is -2.36. The molecule has 0 aromatic heterocycles. The maximum absolute atomic E-state index is 12.1. The molecule has 3 atom stereocenters. The summed E-state index contributed by atoms with van der Waals surface area (Å²) >= 11 is 5.65. The molecule has 0 saturated heterocycles. The number of alkyl halides is 1. The minimum atomic E-state index is -3.22. The highest BCUT2D eigenvalue weighted by Gasteiger charge is 2.34. The Hall–Kier alpha value is 0.200. The molecule has 0 aliphatic heterocycles. The van der Waals surface area contributed by atoms with Gasteiger partial charge in [-0.1, -0.05) is 19.8 Å². The molecule has 1 aliphatic rings. The molecule has 0 aromatic carbocycles. The van der Waals surface area contributed by atoms with E-state index in [0.717, 1.165) is 19.3 Å². The number of hydrogen-bond donors (Lipinski definition) is 0. The SMILES string of the molecule is CC1CCCCC1N(C)S(=O)(=O)C(C)CCl. The summed E-state index contributed by atoms with van der Waals surface area (Å²) in [5.41, 5.74) is 0. The largest absolute Gasteiger partial charge is 0.217 e. The van der Waals surface area contributed by atoms with E-state index in [2.05, 4.69) is 6.92 Å². The molecule has 0 heterocycles. The van der Waals surface area contributed by atoms with E-state index in [0.29, 0.717) is 5.92 Å². The van der Waals surface area contributed by atoms with Gasteiger partial charge in [0.05, 0.1) is 5.25 Å². The van der Waals surface area contributed by atoms with Crippen molar-refractivity contribution in [2.75, 3.05) is 12.9 Å². The molecule has 5 heteroatoms. The van der Waals surface area contributed by atoms with Crippen molar-refractivity contribution in [3.8, 4) is 0 Å². The molecule has 3 nitrogen and oxygen atoms in total. The Kier molecular flexibility index (Phi) is 5.08. The minimum Gasteiger partial charge on any atom is -0.212 e. The summed E-state index contributed by atoms with van der Waals surface area (Å²) in [6, 6.07) is 0.157. The summed E-state index contributed by atoms with van der Waals surface area (Å²) in [6.45, 7) is 3.81. The molecule has 1 fully saturated rings. The first-order valence-electron chi connectivity index (χ1n) is 5.94. The molecule has 0 radical (unpaired) electrons. The highest BCUT2D eigenvalue weighted by molar-refractivity contribution is 7.89. The van der Waals surface area contributed by atoms with Gasteiger partial charge in [0.15, 0.2) is 0 Å². The zero-order valence-electron chi connectivity index (χ0n) is 10.3. The van der Waals surface area contributed by atoms with Gasteiger partial charge in [0.2, 0.25) is 10.0 Å². The molecule has 3 unspecified atom stereocenters. The Morgan fingerprint density at radius 2 is 1.94 bits per heavy atom. The molecule has 0 amide bonds. The van der Waals surface area contributed by atoms with E-state index in [-0.39, 0.29) is 11.9 Å². The van der Waals surface area contributed by atoms with Crippen LogP contribution >= 0.6 is 11.6 Å². The Morgan fingerprint density at radius 3 is 2.44 bits per heavy atom. The van der Waals surface area contributed by atoms with Crippen molar-refractivity contribution in [1.29, 1.82) is 0 Å². The van der Waals surface area contributed by atoms with Crippen molar-refractivity contribution >= 4 is 21.6 Å². The summed E-state index contributed by atoms with van der Waals surface area (Å²) in [5, 5.41) is -0.492. The van der Waals surface area contributed by atoms with E-state index in [9.17, 15) is 8.42 Å². The second-order valence-corrected chi connectivity index (χ2v) is 7.57. The van der Waals surface area contributed by atoms with E-state index >= 15 is 0 Å². The van der Waals surface area contributed by atoms with Crippen molar-refractivity contribution in [1.82, 2.24) is 4.31 Å². The lowest BCUT2D eigenvalue weighted by molar-refractivity contribution is 0.212. The number of halogens is 1. The van der Waals surface area contributed by atoms with E-state index in [4.69, 9.17) is 11.6 Å². The average molecular weight is 268 g/mol. The van der Waals surface area contributed by atoms with Gasteiger partial charge in [-0.25, -0.2) is 12.7 Å². The van der Waals surface area contributed by atoms with E-state index in [1.54, 1.807) is 18.3 Å². The summed E-state index contributed by atoms with van der Waals surface area (Å²) in [4.78, 5) is 0. The normalized spacial score (nSPS) is 29.3. The highest BCUT2D eigenvalue weighted by Crippen LogP contribution is 2.29. The van der Waals surface area contributed by atoms with Gasteiger partial charge in [0, 0.05) is 19.0 Å². The summed E-state index contributed by atoms with van der Waals surface area (Å²) < 4.78 is 25.9. The van der Waals surface area contributed by atoms with Crippen molar-refractivity contribution in [2.24, 2.45) is 5.92 Å². The van der Waals surface area contributed by atoms with Crippen LogP contribution in [0.1, 0.15) is 39.5 Å². The number of hydrogen-bond acceptors (Lipinski definition) is 2. The third-order valence-electron chi connectivity index (χ3n) is 3.66. The third-order valence-corrected chi connectivity index (χ3v) is 6.56. The lowest BCUT2D eigenvalue weighted by atomic mass is 9.86. The molecular formula is C11H22ClNO2S. The molecular weight excluding hydrogens is 246 g/mol. The van der Waals surface area contributed by atoms with E-state index < -0.39 is 15.3 Å². The van der Waals surface area contributed by atoms with Crippen molar-refractivity contribution in [3.63, 3.8) is 0 Å². The molecule has 16 heavy (non-hydrogen) atoms. The van der Waals surface area contributed by atoms with Crippen LogP contribution in [0.15, 0.2) is 0 Å². The fourth-order valence-electron chi connectivity index (χ4n) is 2.39. The topological polar surface area (TPSA) is 37.4 Å². The molecule has 0 N–H and O–H groups in total. The van der Waals surface area contributed by atoms with Crippen LogP contribution in [0.3, 0.4) is 0 Å².